The molecule has 1 aromatic carbocycles. The molecule has 0 atom stereocenters. The topological polar surface area (TPSA) is 67.2 Å². The van der Waals surface area contributed by atoms with E-state index in [0.29, 0.717) is 0 Å². The van der Waals surface area contributed by atoms with Crippen LogP contribution in [0.3, 0.4) is 0 Å². The van der Waals surface area contributed by atoms with Crippen LogP contribution in [0.2, 0.25) is 5.02 Å². The minimum atomic E-state index is -1.02. The number of nitrogens with one attached hydrogen (secondary N) is 1. The lowest BCUT2D eigenvalue weighted by molar-refractivity contribution is 0.0697. The summed E-state index contributed by atoms with van der Waals surface area (Å²) >= 11 is 5.89. The van der Waals surface area contributed by atoms with Crippen LogP contribution in [0.1, 0.15) is 16.8 Å². The minimum Gasteiger partial charge on any atom is -0.478 e. The average molecular weight is 280 g/mol. The molecule has 0 saturated carbocycles. The van der Waals surface area contributed by atoms with Gasteiger partial charge in [-0.2, -0.15) is 0 Å². The number of hydrogen-bond acceptors (Lipinski definition) is 3. The van der Waals surface area contributed by atoms with Crippen molar-refractivity contribution in [1.29, 1.82) is 0 Å². The number of hydrogen-bond donors (Lipinski definition) is 2. The zero-order chi connectivity index (χ0) is 13.7. The molecule has 5 nitrogen and oxygen atoms in total. The van der Waals surface area contributed by atoms with Gasteiger partial charge < -0.3 is 15.0 Å². The van der Waals surface area contributed by atoms with Crippen molar-refractivity contribution in [2.75, 3.05) is 11.9 Å². The molecule has 0 aliphatic rings. The van der Waals surface area contributed by atoms with E-state index in [0.717, 1.165) is 25.2 Å². The van der Waals surface area contributed by atoms with Crippen molar-refractivity contribution >= 4 is 23.3 Å². The molecule has 0 saturated heterocycles. The van der Waals surface area contributed by atoms with Crippen LogP contribution in [0, 0.1) is 0 Å². The van der Waals surface area contributed by atoms with Crippen molar-refractivity contribution < 1.29 is 9.90 Å². The van der Waals surface area contributed by atoms with Gasteiger partial charge in [0.05, 0.1) is 16.9 Å². The summed E-state index contributed by atoms with van der Waals surface area (Å²) in [5.74, 6) is -1.02. The number of benzene rings is 1. The Morgan fingerprint density at radius 2 is 2.32 bits per heavy atom. The third-order valence-electron chi connectivity index (χ3n) is 2.68. The summed E-state index contributed by atoms with van der Waals surface area (Å²) in [4.78, 5) is 14.8. The first-order valence-corrected chi connectivity index (χ1v) is 6.27. The Morgan fingerprint density at radius 1 is 1.47 bits per heavy atom. The Bertz CT molecular complexity index is 555. The highest BCUT2D eigenvalue weighted by Crippen LogP contribution is 2.20. The monoisotopic (exact) mass is 279 g/mol. The molecule has 1 aromatic heterocycles. The third kappa shape index (κ3) is 3.72. The number of halogens is 1. The van der Waals surface area contributed by atoms with Gasteiger partial charge in [0.1, 0.15) is 0 Å². The molecule has 6 heteroatoms. The first-order valence-electron chi connectivity index (χ1n) is 5.89. The smallest absolute Gasteiger partial charge is 0.337 e. The van der Waals surface area contributed by atoms with Crippen molar-refractivity contribution in [3.8, 4) is 0 Å². The number of carboxylic acid groups (broad SMARTS) is 1. The summed E-state index contributed by atoms with van der Waals surface area (Å²) in [5, 5.41) is 12.3. The normalized spacial score (nSPS) is 10.4. The maximum absolute atomic E-state index is 10.8. The first-order chi connectivity index (χ1) is 9.16. The van der Waals surface area contributed by atoms with Crippen LogP contribution < -0.4 is 5.32 Å². The van der Waals surface area contributed by atoms with Gasteiger partial charge in [-0.1, -0.05) is 11.6 Å². The molecule has 2 N–H and O–H groups in total. The minimum absolute atomic E-state index is 0.116. The van der Waals surface area contributed by atoms with Gasteiger partial charge in [0, 0.05) is 31.2 Å². The SMILES string of the molecule is O=C(O)c1ccc(NCCCn2ccnc2)cc1Cl. The van der Waals surface area contributed by atoms with Crippen LogP contribution in [-0.4, -0.2) is 27.2 Å². The van der Waals surface area contributed by atoms with Gasteiger partial charge in [0.25, 0.3) is 0 Å². The third-order valence-corrected chi connectivity index (χ3v) is 2.99. The highest BCUT2D eigenvalue weighted by Gasteiger charge is 2.08. The molecule has 0 radical (unpaired) electrons. The number of aromatic carboxylic acids is 1. The molecule has 0 aliphatic heterocycles. The molecule has 0 unspecified atom stereocenters. The fraction of sp³-hybridized carbons (Fsp3) is 0.231. The summed E-state index contributed by atoms with van der Waals surface area (Å²) in [5.41, 5.74) is 0.936. The average Bonchev–Trinajstić information content (AvgIpc) is 2.87. The maximum Gasteiger partial charge on any atom is 0.337 e. The standard InChI is InChI=1S/C13H14ClN3O2/c14-12-8-10(2-3-11(12)13(18)19)16-4-1-6-17-7-5-15-9-17/h2-3,5,7-9,16H,1,4,6H2,(H,18,19). The van der Waals surface area contributed by atoms with Gasteiger partial charge in [0.2, 0.25) is 0 Å². The van der Waals surface area contributed by atoms with Gasteiger partial charge in [-0.15, -0.1) is 0 Å². The Labute approximate surface area is 115 Å². The Balaban J connectivity index is 1.83. The van der Waals surface area contributed by atoms with Gasteiger partial charge >= 0.3 is 5.97 Å². The van der Waals surface area contributed by atoms with E-state index in [1.165, 1.54) is 6.07 Å². The van der Waals surface area contributed by atoms with Crippen LogP contribution in [0.25, 0.3) is 0 Å². The Hall–Kier alpha value is -2.01. The van der Waals surface area contributed by atoms with Crippen molar-refractivity contribution in [3.63, 3.8) is 0 Å². The number of imidazole rings is 1. The fourth-order valence-electron chi connectivity index (χ4n) is 1.71. The van der Waals surface area contributed by atoms with Gasteiger partial charge in [-0.05, 0) is 24.6 Å². The number of aromatic nitrogens is 2. The van der Waals surface area contributed by atoms with Crippen molar-refractivity contribution in [1.82, 2.24) is 9.55 Å². The molecular weight excluding hydrogens is 266 g/mol. The maximum atomic E-state index is 10.8. The summed E-state index contributed by atoms with van der Waals surface area (Å²) in [6, 6.07) is 4.84. The first kappa shape index (κ1) is 13.4. The lowest BCUT2D eigenvalue weighted by Crippen LogP contribution is -2.06. The van der Waals surface area contributed by atoms with E-state index in [-0.39, 0.29) is 10.6 Å². The molecule has 2 rings (SSSR count). The second kappa shape index (κ2) is 6.24. The lowest BCUT2D eigenvalue weighted by Gasteiger charge is -2.08. The number of carbonyl (C=O) groups is 1. The van der Waals surface area contributed by atoms with Crippen LogP contribution in [0.4, 0.5) is 5.69 Å². The van der Waals surface area contributed by atoms with E-state index in [9.17, 15) is 4.79 Å². The largest absolute Gasteiger partial charge is 0.478 e. The zero-order valence-corrected chi connectivity index (χ0v) is 11.0. The number of anilines is 1. The summed E-state index contributed by atoms with van der Waals surface area (Å²) in [7, 11) is 0. The summed E-state index contributed by atoms with van der Waals surface area (Å²) in [6.45, 7) is 1.66. The van der Waals surface area contributed by atoms with Crippen LogP contribution in [0.5, 0.6) is 0 Å². The molecule has 19 heavy (non-hydrogen) atoms. The van der Waals surface area contributed by atoms with E-state index >= 15 is 0 Å². The van der Waals surface area contributed by atoms with E-state index in [1.54, 1.807) is 24.7 Å². The van der Waals surface area contributed by atoms with Gasteiger partial charge in [-0.25, -0.2) is 9.78 Å². The number of carboxylic acids is 1. The van der Waals surface area contributed by atoms with Gasteiger partial charge in [-0.3, -0.25) is 0 Å². The van der Waals surface area contributed by atoms with E-state index in [1.807, 2.05) is 10.8 Å². The Morgan fingerprint density at radius 3 is 2.95 bits per heavy atom. The molecular formula is C13H14ClN3O2. The van der Waals surface area contributed by atoms with E-state index in [2.05, 4.69) is 10.3 Å². The number of aryl methyl sites for hydroxylation is 1. The van der Waals surface area contributed by atoms with Crippen LogP contribution >= 0.6 is 11.6 Å². The van der Waals surface area contributed by atoms with Crippen molar-refractivity contribution in [3.05, 3.63) is 47.5 Å². The summed E-state index contributed by atoms with van der Waals surface area (Å²) in [6.07, 6.45) is 6.38. The highest BCUT2D eigenvalue weighted by molar-refractivity contribution is 6.33. The Kier molecular flexibility index (Phi) is 4.41. The van der Waals surface area contributed by atoms with Gasteiger partial charge in [0.15, 0.2) is 0 Å². The number of nitrogens with zero attached hydrogens (tertiary/aromatic N) is 2. The quantitative estimate of drug-likeness (QED) is 0.798. The highest BCUT2D eigenvalue weighted by atomic mass is 35.5. The molecule has 0 fully saturated rings. The molecule has 0 bridgehead atoms. The predicted octanol–water partition coefficient (Wildman–Crippen LogP) is 2.74. The molecule has 100 valence electrons. The second-order valence-corrected chi connectivity index (χ2v) is 4.49. The molecule has 0 aliphatic carbocycles. The molecule has 2 aromatic rings. The van der Waals surface area contributed by atoms with Crippen LogP contribution in [-0.2, 0) is 6.54 Å². The van der Waals surface area contributed by atoms with E-state index < -0.39 is 5.97 Å². The van der Waals surface area contributed by atoms with Crippen molar-refractivity contribution in [2.24, 2.45) is 0 Å². The van der Waals surface area contributed by atoms with Crippen LogP contribution in [0.15, 0.2) is 36.9 Å². The predicted molar refractivity (Wildman–Crippen MR) is 73.7 cm³/mol. The second-order valence-electron chi connectivity index (χ2n) is 4.08. The van der Waals surface area contributed by atoms with Crippen molar-refractivity contribution in [2.45, 2.75) is 13.0 Å². The molecule has 0 spiro atoms. The lowest BCUT2D eigenvalue weighted by atomic mass is 10.2. The summed E-state index contributed by atoms with van der Waals surface area (Å²) < 4.78 is 2.00. The fourth-order valence-corrected chi connectivity index (χ4v) is 1.97. The molecule has 0 amide bonds. The van der Waals surface area contributed by atoms with E-state index in [4.69, 9.17) is 16.7 Å². The molecule has 1 heterocycles. The zero-order valence-electron chi connectivity index (χ0n) is 10.2. The number of rotatable bonds is 6.